The molecule has 0 aromatic heterocycles. The van der Waals surface area contributed by atoms with Crippen molar-refractivity contribution in [3.05, 3.63) is 18.4 Å². The highest BCUT2D eigenvalue weighted by Gasteiger charge is 1.79. The molecule has 0 aliphatic heterocycles. The highest BCUT2D eigenvalue weighted by Crippen LogP contribution is 1.90. The lowest BCUT2D eigenvalue weighted by molar-refractivity contribution is 1.24. The molecular formula is C5H7Cl. The molecule has 1 heteroatoms. The molecule has 0 nitrogen and oxygen atoms in total. The molecule has 0 N–H and O–H groups in total. The first kappa shape index (κ1) is 5.81. The van der Waals surface area contributed by atoms with E-state index in [0.717, 1.165) is 0 Å². The minimum absolute atomic E-state index is 0.0718. The van der Waals surface area contributed by atoms with Crippen molar-refractivity contribution in [3.63, 3.8) is 0 Å². The standard InChI is InChI=1S/C5H7Cl/c1-3-4-5(2)6/h4-5H,1H2,2H3. The lowest BCUT2D eigenvalue weighted by atomic mass is 10.5. The average Bonchev–Trinajstić information content (AvgIpc) is 1.35. The molecule has 0 aromatic rings. The fourth-order valence-corrected chi connectivity index (χ4v) is 0.251. The topological polar surface area (TPSA) is 0 Å². The van der Waals surface area contributed by atoms with Crippen molar-refractivity contribution in [2.75, 3.05) is 0 Å². The number of halogens is 1. The van der Waals surface area contributed by atoms with E-state index in [0.29, 0.717) is 0 Å². The second kappa shape index (κ2) is 3.02. The van der Waals surface area contributed by atoms with Crippen molar-refractivity contribution in [1.29, 1.82) is 0 Å². The van der Waals surface area contributed by atoms with Crippen LogP contribution >= 0.6 is 11.6 Å². The molecule has 0 aliphatic rings. The summed E-state index contributed by atoms with van der Waals surface area (Å²) >= 11 is 5.42. The molecule has 0 amide bonds. The van der Waals surface area contributed by atoms with Crippen LogP contribution in [0.4, 0.5) is 0 Å². The van der Waals surface area contributed by atoms with Gasteiger partial charge in [0.15, 0.2) is 0 Å². The molecule has 34 valence electrons. The van der Waals surface area contributed by atoms with Crippen molar-refractivity contribution in [2.45, 2.75) is 12.3 Å². The van der Waals surface area contributed by atoms with Crippen molar-refractivity contribution >= 4 is 11.6 Å². The Morgan fingerprint density at radius 3 is 2.50 bits per heavy atom. The Kier molecular flexibility index (Phi) is 2.92. The predicted molar refractivity (Wildman–Crippen MR) is 29.0 cm³/mol. The van der Waals surface area contributed by atoms with E-state index in [9.17, 15) is 0 Å². The lowest BCUT2D eigenvalue weighted by Gasteiger charge is -1.81. The minimum atomic E-state index is 0.0718. The Balaban J connectivity index is 3.29. The zero-order valence-electron chi connectivity index (χ0n) is 3.74. The first-order chi connectivity index (χ1) is 2.77. The van der Waals surface area contributed by atoms with Gasteiger partial charge in [0.1, 0.15) is 0 Å². The van der Waals surface area contributed by atoms with Gasteiger partial charge in [0, 0.05) is 0 Å². The molecule has 0 heterocycles. The zero-order valence-corrected chi connectivity index (χ0v) is 4.50. The van der Waals surface area contributed by atoms with Crippen LogP contribution in [0.5, 0.6) is 0 Å². The van der Waals surface area contributed by atoms with Gasteiger partial charge in [-0.25, -0.2) is 0 Å². The molecule has 0 saturated heterocycles. The molecule has 0 radical (unpaired) electrons. The quantitative estimate of drug-likeness (QED) is 0.351. The molecule has 0 aromatic carbocycles. The number of rotatable bonds is 1. The Morgan fingerprint density at radius 2 is 2.50 bits per heavy atom. The van der Waals surface area contributed by atoms with Crippen LogP contribution < -0.4 is 0 Å². The maximum atomic E-state index is 5.42. The van der Waals surface area contributed by atoms with Crippen molar-refractivity contribution in [3.8, 4) is 0 Å². The van der Waals surface area contributed by atoms with Gasteiger partial charge < -0.3 is 0 Å². The second-order valence-corrected chi connectivity index (χ2v) is 1.74. The first-order valence-electron chi connectivity index (χ1n) is 1.77. The van der Waals surface area contributed by atoms with Crippen LogP contribution in [-0.2, 0) is 0 Å². The Labute approximate surface area is 43.1 Å². The van der Waals surface area contributed by atoms with Crippen LogP contribution in [0.25, 0.3) is 0 Å². The number of alkyl halides is 1. The normalized spacial score (nSPS) is 12.3. The molecule has 0 rings (SSSR count). The number of hydrogen-bond acceptors (Lipinski definition) is 0. The van der Waals surface area contributed by atoms with Gasteiger partial charge >= 0.3 is 0 Å². The summed E-state index contributed by atoms with van der Waals surface area (Å²) in [4.78, 5) is 0. The summed E-state index contributed by atoms with van der Waals surface area (Å²) in [5.41, 5.74) is 2.56. The molecule has 0 bridgehead atoms. The third-order valence-electron chi connectivity index (χ3n) is 0.348. The number of hydrogen-bond donors (Lipinski definition) is 0. The average molecular weight is 103 g/mol. The van der Waals surface area contributed by atoms with E-state index in [4.69, 9.17) is 11.6 Å². The van der Waals surface area contributed by atoms with Crippen molar-refractivity contribution in [2.24, 2.45) is 0 Å². The van der Waals surface area contributed by atoms with Gasteiger partial charge in [-0.2, -0.15) is 0 Å². The monoisotopic (exact) mass is 102 g/mol. The summed E-state index contributed by atoms with van der Waals surface area (Å²) < 4.78 is 0. The SMILES string of the molecule is C=C=CC(C)Cl. The highest BCUT2D eigenvalue weighted by atomic mass is 35.5. The largest absolute Gasteiger partial charge is 0.132 e. The van der Waals surface area contributed by atoms with E-state index in [1.165, 1.54) is 0 Å². The molecule has 0 saturated carbocycles. The third kappa shape index (κ3) is 3.81. The fraction of sp³-hybridized carbons (Fsp3) is 0.400. The maximum Gasteiger partial charge on any atom is 0.0561 e. The van der Waals surface area contributed by atoms with Crippen LogP contribution in [-0.4, -0.2) is 5.38 Å². The van der Waals surface area contributed by atoms with Gasteiger partial charge in [0.2, 0.25) is 0 Å². The Bertz CT molecular complexity index is 68.0. The van der Waals surface area contributed by atoms with Gasteiger partial charge in [0.25, 0.3) is 0 Å². The fourth-order valence-electron chi connectivity index (χ4n) is 0.162. The van der Waals surface area contributed by atoms with Gasteiger partial charge in [-0.3, -0.25) is 0 Å². The first-order valence-corrected chi connectivity index (χ1v) is 2.21. The van der Waals surface area contributed by atoms with E-state index in [1.807, 2.05) is 6.92 Å². The number of allylic oxidation sites excluding steroid dienone is 1. The summed E-state index contributed by atoms with van der Waals surface area (Å²) in [6, 6.07) is 0. The van der Waals surface area contributed by atoms with Crippen molar-refractivity contribution in [1.82, 2.24) is 0 Å². The molecule has 0 aliphatic carbocycles. The molecule has 6 heavy (non-hydrogen) atoms. The van der Waals surface area contributed by atoms with E-state index in [1.54, 1.807) is 6.08 Å². The van der Waals surface area contributed by atoms with Crippen LogP contribution in [0.1, 0.15) is 6.92 Å². The van der Waals surface area contributed by atoms with Crippen LogP contribution in [0.2, 0.25) is 0 Å². The second-order valence-electron chi connectivity index (χ2n) is 1.05. The molecular weight excluding hydrogens is 95.5 g/mol. The molecule has 0 spiro atoms. The van der Waals surface area contributed by atoms with Crippen LogP contribution in [0, 0.1) is 0 Å². The van der Waals surface area contributed by atoms with E-state index >= 15 is 0 Å². The summed E-state index contributed by atoms with van der Waals surface area (Å²) in [5, 5.41) is 0.0718. The summed E-state index contributed by atoms with van der Waals surface area (Å²) in [5.74, 6) is 0. The third-order valence-corrected chi connectivity index (χ3v) is 0.474. The molecule has 1 unspecified atom stereocenters. The predicted octanol–water partition coefficient (Wildman–Crippen LogP) is 1.95. The minimum Gasteiger partial charge on any atom is -0.132 e. The van der Waals surface area contributed by atoms with Gasteiger partial charge in [-0.1, -0.05) is 6.58 Å². The maximum absolute atomic E-state index is 5.42. The highest BCUT2D eigenvalue weighted by molar-refractivity contribution is 6.21. The van der Waals surface area contributed by atoms with E-state index in [-0.39, 0.29) is 5.38 Å². The van der Waals surface area contributed by atoms with Crippen LogP contribution in [0.3, 0.4) is 0 Å². The molecule has 1 atom stereocenters. The zero-order chi connectivity index (χ0) is 4.99. The Morgan fingerprint density at radius 1 is 2.00 bits per heavy atom. The summed E-state index contributed by atoms with van der Waals surface area (Å²) in [7, 11) is 0. The smallest absolute Gasteiger partial charge is 0.0561 e. The van der Waals surface area contributed by atoms with Gasteiger partial charge in [-0.15, -0.1) is 17.3 Å². The Hall–Kier alpha value is -0.190. The summed E-state index contributed by atoms with van der Waals surface area (Å²) in [6.07, 6.45) is 1.70. The lowest BCUT2D eigenvalue weighted by Crippen LogP contribution is -1.76. The van der Waals surface area contributed by atoms with E-state index < -0.39 is 0 Å². The molecule has 0 fully saturated rings. The van der Waals surface area contributed by atoms with Gasteiger partial charge in [0.05, 0.1) is 5.38 Å². The summed E-state index contributed by atoms with van der Waals surface area (Å²) in [6.45, 7) is 5.20. The van der Waals surface area contributed by atoms with Crippen LogP contribution in [0.15, 0.2) is 18.4 Å². The van der Waals surface area contributed by atoms with E-state index in [2.05, 4.69) is 12.3 Å². The van der Waals surface area contributed by atoms with Gasteiger partial charge in [-0.05, 0) is 13.0 Å². The van der Waals surface area contributed by atoms with Crippen molar-refractivity contribution < 1.29 is 0 Å².